The number of carbonyl (C=O) groups is 1. The van der Waals surface area contributed by atoms with Gasteiger partial charge in [0, 0.05) is 24.9 Å². The predicted molar refractivity (Wildman–Crippen MR) is 85.3 cm³/mol. The van der Waals surface area contributed by atoms with Gasteiger partial charge in [-0.1, -0.05) is 23.4 Å². The molecule has 0 fully saturated rings. The normalized spacial score (nSPS) is 10.5. The van der Waals surface area contributed by atoms with Gasteiger partial charge in [0.15, 0.2) is 5.82 Å². The van der Waals surface area contributed by atoms with Crippen molar-refractivity contribution in [2.24, 2.45) is 0 Å². The Balaban J connectivity index is 1.62. The molecular formula is C16H17N5O2. The van der Waals surface area contributed by atoms with Crippen molar-refractivity contribution in [3.8, 4) is 5.69 Å². The third-order valence-corrected chi connectivity index (χ3v) is 3.29. The molecule has 0 unspecified atom stereocenters. The maximum absolute atomic E-state index is 12.1. The van der Waals surface area contributed by atoms with Crippen LogP contribution < -0.4 is 5.32 Å². The van der Waals surface area contributed by atoms with Gasteiger partial charge in [0.05, 0.1) is 18.4 Å². The summed E-state index contributed by atoms with van der Waals surface area (Å²) in [5, 5.41) is 10.7. The number of urea groups is 1. The molecule has 0 aliphatic carbocycles. The number of rotatable bonds is 4. The van der Waals surface area contributed by atoms with Gasteiger partial charge >= 0.3 is 6.03 Å². The van der Waals surface area contributed by atoms with E-state index in [9.17, 15) is 4.79 Å². The second kappa shape index (κ2) is 6.35. The average molecular weight is 311 g/mol. The number of aromatic nitrogens is 3. The quantitative estimate of drug-likeness (QED) is 0.804. The number of hydrogen-bond acceptors (Lipinski definition) is 4. The zero-order valence-electron chi connectivity index (χ0n) is 12.9. The summed E-state index contributed by atoms with van der Waals surface area (Å²) in [6.07, 6.45) is 3.65. The lowest BCUT2D eigenvalue weighted by atomic mass is 10.3. The Morgan fingerprint density at radius 1 is 1.35 bits per heavy atom. The molecule has 1 aromatic carbocycles. The van der Waals surface area contributed by atoms with Gasteiger partial charge in [-0.25, -0.2) is 9.48 Å². The SMILES string of the molecule is Cc1cc(NC(=O)N(C)Cc2cnn(-c3ccccc3)c2)no1. The van der Waals surface area contributed by atoms with E-state index >= 15 is 0 Å². The van der Waals surface area contributed by atoms with Crippen LogP contribution in [0.4, 0.5) is 10.6 Å². The van der Waals surface area contributed by atoms with E-state index in [2.05, 4.69) is 15.6 Å². The van der Waals surface area contributed by atoms with Gasteiger partial charge in [0.2, 0.25) is 0 Å². The lowest BCUT2D eigenvalue weighted by molar-refractivity contribution is 0.220. The fraction of sp³-hybridized carbons (Fsp3) is 0.188. The van der Waals surface area contributed by atoms with Gasteiger partial charge in [-0.3, -0.25) is 5.32 Å². The molecular weight excluding hydrogens is 294 g/mol. The van der Waals surface area contributed by atoms with Gasteiger partial charge in [0.25, 0.3) is 0 Å². The zero-order chi connectivity index (χ0) is 16.2. The minimum atomic E-state index is -0.259. The molecule has 7 nitrogen and oxygen atoms in total. The first-order valence-electron chi connectivity index (χ1n) is 7.16. The highest BCUT2D eigenvalue weighted by Gasteiger charge is 2.12. The second-order valence-electron chi connectivity index (χ2n) is 5.24. The summed E-state index contributed by atoms with van der Waals surface area (Å²) in [5.41, 5.74) is 1.91. The van der Waals surface area contributed by atoms with Crippen molar-refractivity contribution in [3.05, 3.63) is 60.1 Å². The average Bonchev–Trinajstić information content (AvgIpc) is 3.17. The lowest BCUT2D eigenvalue weighted by Crippen LogP contribution is -2.30. The molecule has 0 radical (unpaired) electrons. The molecule has 0 atom stereocenters. The maximum atomic E-state index is 12.1. The maximum Gasteiger partial charge on any atom is 0.323 e. The number of benzene rings is 1. The molecule has 1 N–H and O–H groups in total. The monoisotopic (exact) mass is 311 g/mol. The summed E-state index contributed by atoms with van der Waals surface area (Å²) in [7, 11) is 1.71. The van der Waals surface area contributed by atoms with Crippen LogP contribution in [0.1, 0.15) is 11.3 Å². The molecule has 7 heteroatoms. The molecule has 3 aromatic rings. The van der Waals surface area contributed by atoms with Crippen LogP contribution in [0.3, 0.4) is 0 Å². The van der Waals surface area contributed by atoms with Crippen molar-refractivity contribution in [2.45, 2.75) is 13.5 Å². The summed E-state index contributed by atoms with van der Waals surface area (Å²) in [6.45, 7) is 2.21. The van der Waals surface area contributed by atoms with Crippen LogP contribution in [0, 0.1) is 6.92 Å². The third kappa shape index (κ3) is 3.57. The highest BCUT2D eigenvalue weighted by atomic mass is 16.5. The van der Waals surface area contributed by atoms with E-state index in [1.807, 2.05) is 36.5 Å². The van der Waals surface area contributed by atoms with Crippen molar-refractivity contribution < 1.29 is 9.32 Å². The minimum absolute atomic E-state index is 0.259. The molecule has 0 bridgehead atoms. The fourth-order valence-electron chi connectivity index (χ4n) is 2.14. The highest BCUT2D eigenvalue weighted by Crippen LogP contribution is 2.11. The van der Waals surface area contributed by atoms with E-state index in [4.69, 9.17) is 4.52 Å². The summed E-state index contributed by atoms with van der Waals surface area (Å²) in [5.74, 6) is 1.05. The number of aryl methyl sites for hydroxylation is 1. The van der Waals surface area contributed by atoms with Crippen LogP contribution >= 0.6 is 0 Å². The van der Waals surface area contributed by atoms with Gasteiger partial charge in [-0.05, 0) is 19.1 Å². The molecule has 2 aromatic heterocycles. The molecule has 2 heterocycles. The molecule has 0 aliphatic heterocycles. The highest BCUT2D eigenvalue weighted by molar-refractivity contribution is 5.87. The molecule has 0 spiro atoms. The lowest BCUT2D eigenvalue weighted by Gasteiger charge is -2.15. The van der Waals surface area contributed by atoms with Crippen molar-refractivity contribution >= 4 is 11.8 Å². The fourth-order valence-corrected chi connectivity index (χ4v) is 2.14. The number of nitrogens with zero attached hydrogens (tertiary/aromatic N) is 4. The largest absolute Gasteiger partial charge is 0.360 e. The number of hydrogen-bond donors (Lipinski definition) is 1. The summed E-state index contributed by atoms with van der Waals surface area (Å²) in [4.78, 5) is 13.7. The van der Waals surface area contributed by atoms with Crippen LogP contribution in [0.2, 0.25) is 0 Å². The Morgan fingerprint density at radius 2 is 2.13 bits per heavy atom. The molecule has 118 valence electrons. The van der Waals surface area contributed by atoms with Gasteiger partial charge in [0.1, 0.15) is 5.76 Å². The zero-order valence-corrected chi connectivity index (χ0v) is 12.9. The van der Waals surface area contributed by atoms with E-state index in [0.717, 1.165) is 11.3 Å². The van der Waals surface area contributed by atoms with Gasteiger partial charge in [-0.2, -0.15) is 5.10 Å². The van der Waals surface area contributed by atoms with Crippen LogP contribution in [0.25, 0.3) is 5.69 Å². The first-order chi connectivity index (χ1) is 11.1. The molecule has 0 saturated heterocycles. The smallest absolute Gasteiger partial charge is 0.323 e. The first-order valence-corrected chi connectivity index (χ1v) is 7.16. The molecule has 3 rings (SSSR count). The Bertz CT molecular complexity index is 794. The Morgan fingerprint density at radius 3 is 2.83 bits per heavy atom. The Kier molecular flexibility index (Phi) is 4.09. The first kappa shape index (κ1) is 14.8. The van der Waals surface area contributed by atoms with E-state index in [1.54, 1.807) is 35.8 Å². The van der Waals surface area contributed by atoms with Crippen LogP contribution in [0.15, 0.2) is 53.3 Å². The third-order valence-electron chi connectivity index (χ3n) is 3.29. The standard InChI is InChI=1S/C16H17N5O2/c1-12-8-15(19-23-12)18-16(22)20(2)10-13-9-17-21(11-13)14-6-4-3-5-7-14/h3-9,11H,10H2,1-2H3,(H,18,19,22). The molecule has 2 amide bonds. The van der Waals surface area contributed by atoms with Crippen molar-refractivity contribution in [2.75, 3.05) is 12.4 Å². The van der Waals surface area contributed by atoms with E-state index < -0.39 is 0 Å². The molecule has 23 heavy (non-hydrogen) atoms. The summed E-state index contributed by atoms with van der Waals surface area (Å²) >= 11 is 0. The topological polar surface area (TPSA) is 76.2 Å². The van der Waals surface area contributed by atoms with Gasteiger partial charge in [-0.15, -0.1) is 0 Å². The number of para-hydroxylation sites is 1. The van der Waals surface area contributed by atoms with E-state index in [0.29, 0.717) is 18.1 Å². The van der Waals surface area contributed by atoms with Crippen LogP contribution in [0.5, 0.6) is 0 Å². The van der Waals surface area contributed by atoms with Crippen LogP contribution in [-0.2, 0) is 6.54 Å². The number of amides is 2. The molecule has 0 aliphatic rings. The number of anilines is 1. The Labute approximate surface area is 133 Å². The molecule has 0 saturated carbocycles. The van der Waals surface area contributed by atoms with Gasteiger partial charge < -0.3 is 9.42 Å². The Hall–Kier alpha value is -3.09. The van der Waals surface area contributed by atoms with Crippen LogP contribution in [-0.4, -0.2) is 32.9 Å². The van der Waals surface area contributed by atoms with Crippen molar-refractivity contribution in [1.82, 2.24) is 19.8 Å². The number of nitrogens with one attached hydrogen (secondary N) is 1. The second-order valence-corrected chi connectivity index (χ2v) is 5.24. The van der Waals surface area contributed by atoms with Crippen molar-refractivity contribution in [1.29, 1.82) is 0 Å². The number of carbonyl (C=O) groups excluding carboxylic acids is 1. The summed E-state index contributed by atoms with van der Waals surface area (Å²) < 4.78 is 6.70. The van der Waals surface area contributed by atoms with Crippen molar-refractivity contribution in [3.63, 3.8) is 0 Å². The summed E-state index contributed by atoms with van der Waals surface area (Å²) in [6, 6.07) is 11.2. The predicted octanol–water partition coefficient (Wildman–Crippen LogP) is 2.83. The minimum Gasteiger partial charge on any atom is -0.360 e. The van der Waals surface area contributed by atoms with E-state index in [1.165, 1.54) is 0 Å². The van der Waals surface area contributed by atoms with E-state index in [-0.39, 0.29) is 6.03 Å².